The zero-order valence-corrected chi connectivity index (χ0v) is 23.1. The summed E-state index contributed by atoms with van der Waals surface area (Å²) >= 11 is 1.15. The molecule has 0 spiro atoms. The molecule has 2 heterocycles. The molecule has 3 aromatic carbocycles. The fourth-order valence-electron chi connectivity index (χ4n) is 4.38. The highest BCUT2D eigenvalue weighted by atomic mass is 32.2. The molecule has 0 saturated heterocycles. The summed E-state index contributed by atoms with van der Waals surface area (Å²) in [5.74, 6) is -0.871. The van der Waals surface area contributed by atoms with Gasteiger partial charge >= 0.3 is 0 Å². The van der Waals surface area contributed by atoms with Gasteiger partial charge in [-0.2, -0.15) is 0 Å². The zero-order chi connectivity index (χ0) is 28.9. The number of carbonyl (C=O) groups is 2. The molecule has 0 radical (unpaired) electrons. The zero-order valence-electron chi connectivity index (χ0n) is 22.3. The molecule has 5 rings (SSSR count). The maximum Gasteiger partial charge on any atom is 0.251 e. The van der Waals surface area contributed by atoms with E-state index in [1.807, 2.05) is 19.9 Å². The third-order valence-electron chi connectivity index (χ3n) is 6.26. The van der Waals surface area contributed by atoms with Crippen LogP contribution < -0.4 is 14.8 Å². The number of nitrogens with zero attached hydrogens (tertiary/aromatic N) is 3. The Morgan fingerprint density at radius 1 is 0.902 bits per heavy atom. The van der Waals surface area contributed by atoms with Crippen LogP contribution in [-0.4, -0.2) is 39.2 Å². The van der Waals surface area contributed by atoms with Crippen molar-refractivity contribution in [1.29, 1.82) is 0 Å². The largest absolute Gasteiger partial charge is 0.454 e. The van der Waals surface area contributed by atoms with Crippen molar-refractivity contribution in [3.8, 4) is 11.5 Å². The van der Waals surface area contributed by atoms with Crippen molar-refractivity contribution in [2.45, 2.75) is 31.6 Å². The van der Waals surface area contributed by atoms with Gasteiger partial charge in [-0.25, -0.2) is 18.7 Å². The maximum absolute atomic E-state index is 13.9. The number of ether oxygens (including phenoxy) is 2. The van der Waals surface area contributed by atoms with E-state index in [9.17, 15) is 18.4 Å². The van der Waals surface area contributed by atoms with E-state index in [-0.39, 0.29) is 19.1 Å². The van der Waals surface area contributed by atoms with Gasteiger partial charge in [-0.05, 0) is 67.4 Å². The molecule has 41 heavy (non-hydrogen) atoms. The molecule has 8 nitrogen and oxygen atoms in total. The standard InChI is InChI=1S/C30H26F2N4O4S/c1-18-13-19(2)34-30(33-18)41-16-27(37)36(15-20-3-7-22(31)8-4-20)28(21-5-9-23(32)10-6-21)29(38)35-24-11-12-25-26(14-24)40-17-39-25/h3-14,28H,15-17H2,1-2H3,(H,35,38). The molecule has 4 aromatic rings. The second kappa shape index (κ2) is 12.3. The summed E-state index contributed by atoms with van der Waals surface area (Å²) in [4.78, 5) is 37.9. The number of carbonyl (C=O) groups excluding carboxylic acids is 2. The number of hydrogen-bond acceptors (Lipinski definition) is 7. The summed E-state index contributed by atoms with van der Waals surface area (Å²) < 4.78 is 38.3. The van der Waals surface area contributed by atoms with Gasteiger partial charge in [0, 0.05) is 29.7 Å². The average Bonchev–Trinajstić information content (AvgIpc) is 3.41. The Labute approximate surface area is 239 Å². The van der Waals surface area contributed by atoms with Gasteiger partial charge in [-0.1, -0.05) is 36.0 Å². The van der Waals surface area contributed by atoms with Gasteiger partial charge in [-0.3, -0.25) is 9.59 Å². The highest BCUT2D eigenvalue weighted by molar-refractivity contribution is 7.99. The van der Waals surface area contributed by atoms with Gasteiger partial charge in [-0.15, -0.1) is 0 Å². The summed E-state index contributed by atoms with van der Waals surface area (Å²) in [7, 11) is 0. The molecule has 0 aliphatic carbocycles. The van der Waals surface area contributed by atoms with Crippen LogP contribution >= 0.6 is 11.8 Å². The second-order valence-electron chi connectivity index (χ2n) is 9.38. The molecule has 1 atom stereocenters. The van der Waals surface area contributed by atoms with E-state index < -0.39 is 29.5 Å². The molecule has 1 aliphatic rings. The van der Waals surface area contributed by atoms with Crippen LogP contribution in [0.15, 0.2) is 78.0 Å². The SMILES string of the molecule is Cc1cc(C)nc(SCC(=O)N(Cc2ccc(F)cc2)C(C(=O)Nc2ccc3c(c2)OCO3)c2ccc(F)cc2)n1. The number of aromatic nitrogens is 2. The van der Waals surface area contributed by atoms with Crippen molar-refractivity contribution in [2.75, 3.05) is 17.9 Å². The lowest BCUT2D eigenvalue weighted by molar-refractivity contribution is -0.137. The average molecular weight is 577 g/mol. The lowest BCUT2D eigenvalue weighted by atomic mass is 10.0. The summed E-state index contributed by atoms with van der Waals surface area (Å²) in [6.45, 7) is 3.75. The fourth-order valence-corrected chi connectivity index (χ4v) is 5.22. The van der Waals surface area contributed by atoms with Crippen molar-refractivity contribution in [2.24, 2.45) is 0 Å². The van der Waals surface area contributed by atoms with E-state index >= 15 is 0 Å². The number of benzene rings is 3. The third kappa shape index (κ3) is 6.98. The van der Waals surface area contributed by atoms with Crippen LogP contribution in [0.4, 0.5) is 14.5 Å². The van der Waals surface area contributed by atoms with E-state index in [0.717, 1.165) is 23.1 Å². The van der Waals surface area contributed by atoms with Gasteiger partial charge in [0.2, 0.25) is 12.7 Å². The van der Waals surface area contributed by atoms with Gasteiger partial charge in [0.15, 0.2) is 16.7 Å². The molecule has 11 heteroatoms. The molecule has 210 valence electrons. The first-order valence-corrected chi connectivity index (χ1v) is 13.7. The Kier molecular flexibility index (Phi) is 8.44. The first kappa shape index (κ1) is 28.0. The van der Waals surface area contributed by atoms with Crippen molar-refractivity contribution in [1.82, 2.24) is 14.9 Å². The third-order valence-corrected chi connectivity index (χ3v) is 7.09. The Balaban J connectivity index is 1.48. The van der Waals surface area contributed by atoms with E-state index in [1.165, 1.54) is 41.3 Å². The van der Waals surface area contributed by atoms with Crippen molar-refractivity contribution in [3.05, 3.63) is 107 Å². The van der Waals surface area contributed by atoms with E-state index in [0.29, 0.717) is 33.5 Å². The Bertz CT molecular complexity index is 1550. The number of fused-ring (bicyclic) bond motifs is 1. The monoisotopic (exact) mass is 576 g/mol. The van der Waals surface area contributed by atoms with Gasteiger partial charge in [0.25, 0.3) is 5.91 Å². The Morgan fingerprint density at radius 2 is 1.54 bits per heavy atom. The number of amides is 2. The molecule has 0 fully saturated rings. The molecule has 1 unspecified atom stereocenters. The minimum absolute atomic E-state index is 0.00994. The molecule has 2 amide bonds. The highest BCUT2D eigenvalue weighted by Crippen LogP contribution is 2.35. The van der Waals surface area contributed by atoms with Crippen molar-refractivity contribution < 1.29 is 27.8 Å². The predicted octanol–water partition coefficient (Wildman–Crippen LogP) is 5.60. The van der Waals surface area contributed by atoms with Crippen LogP contribution in [0.5, 0.6) is 11.5 Å². The molecule has 1 aliphatic heterocycles. The summed E-state index contributed by atoms with van der Waals surface area (Å²) in [5, 5.41) is 3.28. The van der Waals surface area contributed by atoms with Crippen LogP contribution in [-0.2, 0) is 16.1 Å². The lowest BCUT2D eigenvalue weighted by Gasteiger charge is -2.31. The predicted molar refractivity (Wildman–Crippen MR) is 150 cm³/mol. The molecule has 1 aromatic heterocycles. The van der Waals surface area contributed by atoms with Gasteiger partial charge < -0.3 is 19.7 Å². The first-order valence-electron chi connectivity index (χ1n) is 12.7. The van der Waals surface area contributed by atoms with Crippen LogP contribution in [0, 0.1) is 25.5 Å². The highest BCUT2D eigenvalue weighted by Gasteiger charge is 2.32. The van der Waals surface area contributed by atoms with Crippen molar-refractivity contribution >= 4 is 29.3 Å². The molecule has 0 bridgehead atoms. The van der Waals surface area contributed by atoms with Crippen LogP contribution in [0.25, 0.3) is 0 Å². The maximum atomic E-state index is 13.9. The summed E-state index contributed by atoms with van der Waals surface area (Å²) in [6.07, 6.45) is 0. The smallest absolute Gasteiger partial charge is 0.251 e. The number of nitrogens with one attached hydrogen (secondary N) is 1. The van der Waals surface area contributed by atoms with Crippen LogP contribution in [0.3, 0.4) is 0 Å². The lowest BCUT2D eigenvalue weighted by Crippen LogP contribution is -2.41. The number of anilines is 1. The van der Waals surface area contributed by atoms with E-state index in [1.54, 1.807) is 30.3 Å². The number of thioether (sulfide) groups is 1. The Morgan fingerprint density at radius 3 is 2.22 bits per heavy atom. The van der Waals surface area contributed by atoms with E-state index in [4.69, 9.17) is 9.47 Å². The first-order chi connectivity index (χ1) is 19.7. The molecular weight excluding hydrogens is 550 g/mol. The summed E-state index contributed by atoms with van der Waals surface area (Å²) in [5.41, 5.74) is 2.97. The van der Waals surface area contributed by atoms with Gasteiger partial charge in [0.05, 0.1) is 5.75 Å². The van der Waals surface area contributed by atoms with Gasteiger partial charge in [0.1, 0.15) is 17.7 Å². The normalized spacial score (nSPS) is 12.6. The Hall–Kier alpha value is -4.51. The molecular formula is C30H26F2N4O4S. The second-order valence-corrected chi connectivity index (χ2v) is 10.3. The van der Waals surface area contributed by atoms with Crippen LogP contribution in [0.1, 0.15) is 28.6 Å². The molecule has 1 N–H and O–H groups in total. The number of rotatable bonds is 9. The quantitative estimate of drug-likeness (QED) is 0.205. The van der Waals surface area contributed by atoms with E-state index in [2.05, 4.69) is 15.3 Å². The number of hydrogen-bond donors (Lipinski definition) is 1. The topological polar surface area (TPSA) is 93.7 Å². The van der Waals surface area contributed by atoms with Crippen molar-refractivity contribution in [3.63, 3.8) is 0 Å². The summed E-state index contributed by atoms with van der Waals surface area (Å²) in [6, 6.07) is 16.7. The minimum atomic E-state index is -1.15. The number of halogens is 2. The molecule has 0 saturated carbocycles. The minimum Gasteiger partial charge on any atom is -0.454 e. The number of aryl methyl sites for hydroxylation is 2. The van der Waals surface area contributed by atoms with Crippen LogP contribution in [0.2, 0.25) is 0 Å². The fraction of sp³-hybridized carbons (Fsp3) is 0.200.